The summed E-state index contributed by atoms with van der Waals surface area (Å²) in [6.45, 7) is 0.363. The third-order valence-corrected chi connectivity index (χ3v) is 2.92. The zero-order chi connectivity index (χ0) is 14.4. The van der Waals surface area contributed by atoms with Crippen molar-refractivity contribution in [1.29, 1.82) is 0 Å². The van der Waals surface area contributed by atoms with Gasteiger partial charge in [0.15, 0.2) is 0 Å². The van der Waals surface area contributed by atoms with Crippen molar-refractivity contribution in [2.24, 2.45) is 0 Å². The van der Waals surface area contributed by atoms with E-state index in [0.29, 0.717) is 17.4 Å². The largest absolute Gasteiger partial charge is 0.489 e. The summed E-state index contributed by atoms with van der Waals surface area (Å²) in [5.74, 6) is -0.259. The molecule has 2 aromatic rings. The highest BCUT2D eigenvalue weighted by Gasteiger charge is 2.01. The number of rotatable bonds is 5. The molecule has 0 fully saturated rings. The van der Waals surface area contributed by atoms with Crippen LogP contribution >= 0.6 is 11.6 Å². The summed E-state index contributed by atoms with van der Waals surface area (Å²) in [6.07, 6.45) is 2.67. The topological polar surface area (TPSA) is 46.5 Å². The molecule has 0 heterocycles. The normalized spacial score (nSPS) is 10.7. The van der Waals surface area contributed by atoms with Crippen LogP contribution in [0.4, 0.5) is 0 Å². The molecule has 0 radical (unpaired) electrons. The number of carboxylic acid groups (broad SMARTS) is 1. The summed E-state index contributed by atoms with van der Waals surface area (Å²) in [6, 6.07) is 14.6. The fraction of sp³-hybridized carbons (Fsp3) is 0.0625. The zero-order valence-electron chi connectivity index (χ0n) is 10.6. The van der Waals surface area contributed by atoms with Crippen LogP contribution < -0.4 is 4.74 Å². The second-order valence-corrected chi connectivity index (χ2v) is 4.55. The van der Waals surface area contributed by atoms with E-state index in [4.69, 9.17) is 21.4 Å². The summed E-state index contributed by atoms with van der Waals surface area (Å²) in [7, 11) is 0. The van der Waals surface area contributed by atoms with Crippen LogP contribution in [0.2, 0.25) is 5.02 Å². The van der Waals surface area contributed by atoms with Gasteiger partial charge in [0.1, 0.15) is 12.4 Å². The van der Waals surface area contributed by atoms with Gasteiger partial charge >= 0.3 is 5.97 Å². The Bertz CT molecular complexity index is 618. The fourth-order valence-corrected chi connectivity index (χ4v) is 1.81. The lowest BCUT2D eigenvalue weighted by Crippen LogP contribution is -1.98. The first kappa shape index (κ1) is 14.2. The molecule has 20 heavy (non-hydrogen) atoms. The van der Waals surface area contributed by atoms with Gasteiger partial charge in [0, 0.05) is 11.1 Å². The molecular formula is C16H13ClO3. The van der Waals surface area contributed by atoms with Crippen LogP contribution in [0.25, 0.3) is 6.08 Å². The number of hydrogen-bond donors (Lipinski definition) is 1. The Balaban J connectivity index is 2.09. The van der Waals surface area contributed by atoms with Gasteiger partial charge in [-0.1, -0.05) is 35.9 Å². The summed E-state index contributed by atoms with van der Waals surface area (Å²) in [5, 5.41) is 9.32. The van der Waals surface area contributed by atoms with Gasteiger partial charge in [0.2, 0.25) is 0 Å². The van der Waals surface area contributed by atoms with Crippen molar-refractivity contribution >= 4 is 23.6 Å². The van der Waals surface area contributed by atoms with Gasteiger partial charge < -0.3 is 9.84 Å². The van der Waals surface area contributed by atoms with Crippen molar-refractivity contribution in [2.75, 3.05) is 0 Å². The molecule has 0 amide bonds. The van der Waals surface area contributed by atoms with Crippen molar-refractivity contribution in [3.63, 3.8) is 0 Å². The number of carboxylic acids is 1. The molecule has 0 aliphatic rings. The second-order valence-electron chi connectivity index (χ2n) is 4.11. The molecule has 0 bridgehead atoms. The highest BCUT2D eigenvalue weighted by Crippen LogP contribution is 2.18. The molecule has 0 unspecified atom stereocenters. The molecule has 0 atom stereocenters. The number of carbonyl (C=O) groups is 1. The predicted molar refractivity (Wildman–Crippen MR) is 78.9 cm³/mol. The van der Waals surface area contributed by atoms with E-state index in [0.717, 1.165) is 17.2 Å². The molecule has 1 N–H and O–H groups in total. The quantitative estimate of drug-likeness (QED) is 0.845. The van der Waals surface area contributed by atoms with E-state index in [2.05, 4.69) is 0 Å². The Labute approximate surface area is 122 Å². The molecule has 102 valence electrons. The van der Waals surface area contributed by atoms with Crippen LogP contribution in [-0.2, 0) is 11.4 Å². The van der Waals surface area contributed by atoms with E-state index >= 15 is 0 Å². The Morgan fingerprint density at radius 1 is 1.15 bits per heavy atom. The van der Waals surface area contributed by atoms with Crippen LogP contribution in [-0.4, -0.2) is 11.1 Å². The number of ether oxygens (including phenoxy) is 1. The lowest BCUT2D eigenvalue weighted by molar-refractivity contribution is -0.131. The predicted octanol–water partition coefficient (Wildman–Crippen LogP) is 4.02. The van der Waals surface area contributed by atoms with E-state index in [1.807, 2.05) is 24.3 Å². The minimum absolute atomic E-state index is 0.363. The third-order valence-electron chi connectivity index (χ3n) is 2.67. The summed E-state index contributed by atoms with van der Waals surface area (Å²) in [5.41, 5.74) is 1.74. The van der Waals surface area contributed by atoms with Crippen LogP contribution in [0.3, 0.4) is 0 Å². The second kappa shape index (κ2) is 6.78. The van der Waals surface area contributed by atoms with E-state index in [1.165, 1.54) is 0 Å². The van der Waals surface area contributed by atoms with Crippen molar-refractivity contribution in [3.05, 3.63) is 70.8 Å². The van der Waals surface area contributed by atoms with Crippen molar-refractivity contribution in [2.45, 2.75) is 6.61 Å². The van der Waals surface area contributed by atoms with E-state index in [1.54, 1.807) is 30.3 Å². The van der Waals surface area contributed by atoms with Gasteiger partial charge in [-0.25, -0.2) is 4.79 Å². The smallest absolute Gasteiger partial charge is 0.328 e. The monoisotopic (exact) mass is 288 g/mol. The molecule has 0 aliphatic carbocycles. The first-order valence-electron chi connectivity index (χ1n) is 6.02. The van der Waals surface area contributed by atoms with Gasteiger partial charge in [-0.05, 0) is 41.5 Å². The molecular weight excluding hydrogens is 276 g/mol. The van der Waals surface area contributed by atoms with Gasteiger partial charge in [-0.15, -0.1) is 0 Å². The number of halogens is 1. The van der Waals surface area contributed by atoms with Gasteiger partial charge in [0.05, 0.1) is 0 Å². The average Bonchev–Trinajstić information content (AvgIpc) is 2.45. The lowest BCUT2D eigenvalue weighted by atomic mass is 10.1. The Hall–Kier alpha value is -2.26. The van der Waals surface area contributed by atoms with E-state index in [9.17, 15) is 4.79 Å². The van der Waals surface area contributed by atoms with Crippen molar-refractivity contribution in [3.8, 4) is 5.75 Å². The first-order chi connectivity index (χ1) is 9.65. The third kappa shape index (κ3) is 4.14. The molecule has 0 aromatic heterocycles. The van der Waals surface area contributed by atoms with Crippen LogP contribution in [0, 0.1) is 0 Å². The van der Waals surface area contributed by atoms with Crippen LogP contribution in [0.1, 0.15) is 11.1 Å². The SMILES string of the molecule is O=C(O)C=Cc1ccccc1COc1ccc(Cl)cc1. The summed E-state index contributed by atoms with van der Waals surface area (Å²) >= 11 is 5.80. The average molecular weight is 289 g/mol. The zero-order valence-corrected chi connectivity index (χ0v) is 11.4. The van der Waals surface area contributed by atoms with E-state index in [-0.39, 0.29) is 0 Å². The molecule has 0 aliphatic heterocycles. The minimum atomic E-state index is -0.974. The molecule has 3 nitrogen and oxygen atoms in total. The van der Waals surface area contributed by atoms with Gasteiger partial charge in [-0.2, -0.15) is 0 Å². The maximum Gasteiger partial charge on any atom is 0.328 e. The molecule has 0 spiro atoms. The molecule has 2 aromatic carbocycles. The van der Waals surface area contributed by atoms with Gasteiger partial charge in [0.25, 0.3) is 0 Å². The Morgan fingerprint density at radius 3 is 2.55 bits per heavy atom. The van der Waals surface area contributed by atoms with Crippen LogP contribution in [0.15, 0.2) is 54.6 Å². The summed E-state index contributed by atoms with van der Waals surface area (Å²) < 4.78 is 5.65. The molecule has 0 saturated carbocycles. The van der Waals surface area contributed by atoms with Crippen molar-refractivity contribution in [1.82, 2.24) is 0 Å². The highest BCUT2D eigenvalue weighted by atomic mass is 35.5. The first-order valence-corrected chi connectivity index (χ1v) is 6.40. The maximum absolute atomic E-state index is 10.6. The fourth-order valence-electron chi connectivity index (χ4n) is 1.68. The molecule has 4 heteroatoms. The lowest BCUT2D eigenvalue weighted by Gasteiger charge is -2.08. The molecule has 2 rings (SSSR count). The number of benzene rings is 2. The number of hydrogen-bond acceptors (Lipinski definition) is 2. The van der Waals surface area contributed by atoms with E-state index < -0.39 is 5.97 Å². The number of aliphatic carboxylic acids is 1. The van der Waals surface area contributed by atoms with Crippen molar-refractivity contribution < 1.29 is 14.6 Å². The maximum atomic E-state index is 10.6. The molecule has 0 saturated heterocycles. The Kier molecular flexibility index (Phi) is 4.80. The highest BCUT2D eigenvalue weighted by molar-refractivity contribution is 6.30. The minimum Gasteiger partial charge on any atom is -0.489 e. The Morgan fingerprint density at radius 2 is 1.85 bits per heavy atom. The standard InChI is InChI=1S/C16H13ClO3/c17-14-6-8-15(9-7-14)20-11-13-4-2-1-3-12(13)5-10-16(18)19/h1-10H,11H2,(H,18,19). The van der Waals surface area contributed by atoms with Crippen LogP contribution in [0.5, 0.6) is 5.75 Å². The summed E-state index contributed by atoms with van der Waals surface area (Å²) in [4.78, 5) is 10.6. The van der Waals surface area contributed by atoms with Gasteiger partial charge in [-0.3, -0.25) is 0 Å².